The van der Waals surface area contributed by atoms with E-state index in [1.807, 2.05) is 5.10 Å². The fourth-order valence-corrected chi connectivity index (χ4v) is 1.90. The molecule has 0 aromatic carbocycles. The summed E-state index contributed by atoms with van der Waals surface area (Å²) in [6.45, 7) is 0. The van der Waals surface area contributed by atoms with E-state index >= 15 is 0 Å². The topological polar surface area (TPSA) is 142 Å². The lowest BCUT2D eigenvalue weighted by Gasteiger charge is -2.05. The van der Waals surface area contributed by atoms with E-state index in [2.05, 4.69) is 20.1 Å². The first-order valence-electron chi connectivity index (χ1n) is 6.89. The predicted molar refractivity (Wildman–Crippen MR) is 77.2 cm³/mol. The van der Waals surface area contributed by atoms with Crippen LogP contribution in [0.2, 0.25) is 0 Å². The Labute approximate surface area is 147 Å². The smallest absolute Gasteiger partial charge is 0.432 e. The van der Waals surface area contributed by atoms with E-state index in [4.69, 9.17) is 9.59 Å². The van der Waals surface area contributed by atoms with Gasteiger partial charge in [0.05, 0.1) is 29.8 Å². The van der Waals surface area contributed by atoms with Gasteiger partial charge in [0.25, 0.3) is 0 Å². The zero-order valence-corrected chi connectivity index (χ0v) is 13.0. The maximum absolute atomic E-state index is 12.6. The Morgan fingerprint density at radius 2 is 1.67 bits per heavy atom. The van der Waals surface area contributed by atoms with Crippen LogP contribution in [-0.4, -0.2) is 37.3 Å². The van der Waals surface area contributed by atoms with Crippen LogP contribution < -0.4 is 5.11 Å². The predicted octanol–water partition coefficient (Wildman–Crippen LogP) is 0.727. The van der Waals surface area contributed by atoms with Gasteiger partial charge in [0.1, 0.15) is 22.8 Å². The number of H-pyrrole nitrogens is 1. The first-order valence-corrected chi connectivity index (χ1v) is 6.89. The first kappa shape index (κ1) is 19.4. The maximum Gasteiger partial charge on any atom is 0.432 e. The average Bonchev–Trinajstić information content (AvgIpc) is 3.13. The molecule has 0 amide bonds. The van der Waals surface area contributed by atoms with Gasteiger partial charge in [-0.1, -0.05) is 6.07 Å². The molecule has 3 heterocycles. The average molecular weight is 378 g/mol. The molecule has 0 aliphatic heterocycles. The Balaban J connectivity index is 0.000000817. The molecule has 1 N–H and O–H groups in total. The number of hydrogen-bond donors (Lipinski definition) is 1. The third kappa shape index (κ3) is 4.80. The molecule has 0 saturated heterocycles. The summed E-state index contributed by atoms with van der Waals surface area (Å²) in [4.78, 5) is 38.9. The summed E-state index contributed by atoms with van der Waals surface area (Å²) in [5.74, 6) is -1.46. The van der Waals surface area contributed by atoms with Crippen LogP contribution in [0, 0.1) is 0 Å². The number of halogens is 3. The summed E-state index contributed by atoms with van der Waals surface area (Å²) >= 11 is 0. The molecule has 3 rings (SSSR count). The lowest BCUT2D eigenvalue weighted by molar-refractivity contribution is -0.255. The number of aromatic carboxylic acids is 1. The number of hydrogen-bond acceptors (Lipinski definition) is 8. The van der Waals surface area contributed by atoms with Crippen molar-refractivity contribution < 1.29 is 32.7 Å². The lowest BCUT2D eigenvalue weighted by Crippen LogP contribution is -2.23. The quantitative estimate of drug-likeness (QED) is 0.703. The Hall–Kier alpha value is -3.92. The molecule has 0 spiro atoms. The van der Waals surface area contributed by atoms with Crippen molar-refractivity contribution in [2.75, 3.05) is 0 Å². The molecule has 3 aromatic heterocycles. The summed E-state index contributed by atoms with van der Waals surface area (Å²) < 4.78 is 37.8. The van der Waals surface area contributed by atoms with Gasteiger partial charge in [-0.3, -0.25) is 10.1 Å². The highest BCUT2D eigenvalue weighted by Gasteiger charge is 2.33. The second-order valence-corrected chi connectivity index (χ2v) is 4.73. The van der Waals surface area contributed by atoms with Gasteiger partial charge in [0.15, 0.2) is 0 Å². The van der Waals surface area contributed by atoms with Crippen molar-refractivity contribution in [3.05, 3.63) is 48.0 Å². The van der Waals surface area contributed by atoms with Gasteiger partial charge in [-0.2, -0.15) is 27.9 Å². The van der Waals surface area contributed by atoms with Gasteiger partial charge in [0.2, 0.25) is 0 Å². The zero-order chi connectivity index (χ0) is 20.0. The SMILES string of the molecule is O=C([O-])c1cccc(-c2cncc(-c3cc(C(F)(F)F)[nH]n3)n2)n1.O=C=O. The summed E-state index contributed by atoms with van der Waals surface area (Å²) in [7, 11) is 0. The second-order valence-electron chi connectivity index (χ2n) is 4.73. The standard InChI is InChI=1S/C14H8F3N5O2.CO2/c15-14(16,17)12-4-9(21-22-12)11-6-18-5-10(20-11)7-2-1-3-8(19-7)13(23)24;2-1-3/h1-6H,(H,21,22)(H,23,24);/p-1. The molecule has 0 fully saturated rings. The van der Waals surface area contributed by atoms with Crippen LogP contribution in [-0.2, 0) is 15.8 Å². The van der Waals surface area contributed by atoms with Crippen LogP contribution in [0.1, 0.15) is 16.2 Å². The molecular weight excluding hydrogens is 371 g/mol. The molecule has 12 heteroatoms. The number of nitrogens with one attached hydrogen (secondary N) is 1. The van der Waals surface area contributed by atoms with E-state index in [0.717, 1.165) is 6.07 Å². The number of aromatic nitrogens is 5. The van der Waals surface area contributed by atoms with Gasteiger partial charge in [-0.15, -0.1) is 0 Å². The number of carboxylic acids is 1. The Bertz CT molecular complexity index is 997. The van der Waals surface area contributed by atoms with E-state index in [-0.39, 0.29) is 34.6 Å². The molecule has 0 bridgehead atoms. The summed E-state index contributed by atoms with van der Waals surface area (Å²) in [6, 6.07) is 4.99. The Morgan fingerprint density at radius 1 is 1.04 bits per heavy atom. The highest BCUT2D eigenvalue weighted by atomic mass is 19.4. The Kier molecular flexibility index (Phi) is 5.73. The fraction of sp³-hybridized carbons (Fsp3) is 0.0667. The second kappa shape index (κ2) is 7.97. The minimum absolute atomic E-state index is 0.0484. The number of pyridine rings is 1. The number of rotatable bonds is 3. The fourth-order valence-electron chi connectivity index (χ4n) is 1.90. The number of nitrogens with zero attached hydrogens (tertiary/aromatic N) is 4. The van der Waals surface area contributed by atoms with E-state index < -0.39 is 17.8 Å². The molecule has 0 atom stereocenters. The molecule has 0 aliphatic carbocycles. The van der Waals surface area contributed by atoms with Crippen LogP contribution in [0.3, 0.4) is 0 Å². The molecule has 0 aliphatic rings. The minimum Gasteiger partial charge on any atom is -0.543 e. The van der Waals surface area contributed by atoms with Gasteiger partial charge in [0, 0.05) is 0 Å². The van der Waals surface area contributed by atoms with Gasteiger partial charge in [-0.25, -0.2) is 9.97 Å². The number of carbonyl (C=O) groups excluding carboxylic acids is 3. The van der Waals surface area contributed by atoms with Gasteiger partial charge in [-0.05, 0) is 18.2 Å². The summed E-state index contributed by atoms with van der Waals surface area (Å²) in [6.07, 6.45) is -1.76. The first-order chi connectivity index (χ1) is 12.8. The van der Waals surface area contributed by atoms with Crippen LogP contribution in [0.5, 0.6) is 0 Å². The van der Waals surface area contributed by atoms with Gasteiger partial charge < -0.3 is 9.90 Å². The molecular formula is C15H7F3N5O4-. The summed E-state index contributed by atoms with van der Waals surface area (Å²) in [5.41, 5.74) is -0.891. The number of carboxylic acid groups (broad SMARTS) is 1. The third-order valence-electron chi connectivity index (χ3n) is 3.00. The van der Waals surface area contributed by atoms with Crippen molar-refractivity contribution in [2.45, 2.75) is 6.18 Å². The monoisotopic (exact) mass is 378 g/mol. The molecule has 0 radical (unpaired) electrons. The molecule has 138 valence electrons. The normalized spacial score (nSPS) is 10.5. The van der Waals surface area contributed by atoms with Crippen molar-refractivity contribution in [2.24, 2.45) is 0 Å². The molecule has 0 unspecified atom stereocenters. The van der Waals surface area contributed by atoms with E-state index in [0.29, 0.717) is 0 Å². The van der Waals surface area contributed by atoms with E-state index in [9.17, 15) is 23.1 Å². The number of aromatic amines is 1. The largest absolute Gasteiger partial charge is 0.543 e. The lowest BCUT2D eigenvalue weighted by atomic mass is 10.2. The summed E-state index contributed by atoms with van der Waals surface area (Å²) in [5, 5.41) is 16.3. The molecule has 3 aromatic rings. The van der Waals surface area contributed by atoms with Crippen LogP contribution in [0.4, 0.5) is 13.2 Å². The highest BCUT2D eigenvalue weighted by molar-refractivity contribution is 5.84. The highest BCUT2D eigenvalue weighted by Crippen LogP contribution is 2.30. The molecule has 0 saturated carbocycles. The van der Waals surface area contributed by atoms with Crippen molar-refractivity contribution >= 4 is 12.1 Å². The zero-order valence-electron chi connectivity index (χ0n) is 13.0. The molecule has 27 heavy (non-hydrogen) atoms. The van der Waals surface area contributed by atoms with Crippen LogP contribution >= 0.6 is 0 Å². The van der Waals surface area contributed by atoms with Crippen molar-refractivity contribution in [3.63, 3.8) is 0 Å². The third-order valence-corrected chi connectivity index (χ3v) is 3.00. The van der Waals surface area contributed by atoms with Crippen molar-refractivity contribution in [1.82, 2.24) is 25.1 Å². The van der Waals surface area contributed by atoms with Gasteiger partial charge >= 0.3 is 12.3 Å². The Morgan fingerprint density at radius 3 is 2.22 bits per heavy atom. The maximum atomic E-state index is 12.6. The van der Waals surface area contributed by atoms with Crippen molar-refractivity contribution in [3.8, 4) is 22.8 Å². The number of carbonyl (C=O) groups is 1. The van der Waals surface area contributed by atoms with E-state index in [1.165, 1.54) is 30.6 Å². The van der Waals surface area contributed by atoms with Crippen molar-refractivity contribution in [1.29, 1.82) is 0 Å². The minimum atomic E-state index is -4.55. The van der Waals surface area contributed by atoms with Crippen LogP contribution in [0.25, 0.3) is 22.8 Å². The number of alkyl halides is 3. The molecule has 9 nitrogen and oxygen atoms in total. The van der Waals surface area contributed by atoms with Crippen LogP contribution in [0.15, 0.2) is 36.7 Å². The van der Waals surface area contributed by atoms with E-state index in [1.54, 1.807) is 0 Å².